The molecule has 98 valence electrons. The van der Waals surface area contributed by atoms with Crippen LogP contribution >= 0.6 is 0 Å². The van der Waals surface area contributed by atoms with Crippen LogP contribution in [0.25, 0.3) is 11.1 Å². The van der Waals surface area contributed by atoms with Gasteiger partial charge in [-0.1, -0.05) is 66.7 Å². The topological polar surface area (TPSA) is 48.3 Å². The third-order valence-electron chi connectivity index (χ3n) is 3.48. The molecule has 0 spiro atoms. The van der Waals surface area contributed by atoms with Crippen LogP contribution in [0.2, 0.25) is 0 Å². The van der Waals surface area contributed by atoms with E-state index in [1.165, 1.54) is 11.1 Å². The molecule has 0 bridgehead atoms. The molecule has 0 fully saturated rings. The zero-order chi connectivity index (χ0) is 13.9. The van der Waals surface area contributed by atoms with Crippen LogP contribution in [0.5, 0.6) is 0 Å². The smallest absolute Gasteiger partial charge is 0.269 e. The lowest BCUT2D eigenvalue weighted by atomic mass is 9.95. The first-order valence-corrected chi connectivity index (χ1v) is 6.55. The van der Waals surface area contributed by atoms with Crippen molar-refractivity contribution in [1.82, 2.24) is 10.9 Å². The first kappa shape index (κ1) is 12.5. The van der Waals surface area contributed by atoms with E-state index in [2.05, 4.69) is 41.6 Å². The molecule has 1 heterocycles. The van der Waals surface area contributed by atoms with E-state index in [1.807, 2.05) is 25.1 Å². The first-order valence-electron chi connectivity index (χ1n) is 6.55. The lowest BCUT2D eigenvalue weighted by Crippen LogP contribution is -1.95. The molecule has 3 nitrogen and oxygen atoms in total. The Morgan fingerprint density at radius 1 is 0.950 bits per heavy atom. The molecule has 1 aromatic heterocycles. The van der Waals surface area contributed by atoms with Crippen LogP contribution in [0.1, 0.15) is 24.1 Å². The molecule has 2 aromatic carbocycles. The Bertz CT molecular complexity index is 687. The van der Waals surface area contributed by atoms with Crippen LogP contribution in [0.4, 0.5) is 5.88 Å². The average molecular weight is 262 g/mol. The largest absolute Gasteiger partial charge is 0.335 e. The van der Waals surface area contributed by atoms with Crippen molar-refractivity contribution in [2.24, 2.45) is 0 Å². The second kappa shape index (κ2) is 5.21. The van der Waals surface area contributed by atoms with Gasteiger partial charge < -0.3 is 4.52 Å². The molecule has 0 amide bonds. The number of rotatable bonds is 3. The van der Waals surface area contributed by atoms with E-state index in [1.54, 1.807) is 6.07 Å². The molecular formula is C17H14N2O. The number of nitrogens with zero attached hydrogens (tertiary/aromatic N) is 2. The summed E-state index contributed by atoms with van der Waals surface area (Å²) in [4.78, 5) is 0. The van der Waals surface area contributed by atoms with Crippen molar-refractivity contribution in [3.05, 3.63) is 71.9 Å². The Labute approximate surface area is 118 Å². The fraction of sp³-hybridized carbons (Fsp3) is 0.118. The molecule has 3 heteroatoms. The molecule has 0 N–H and O–H groups in total. The summed E-state index contributed by atoms with van der Waals surface area (Å²) in [5, 5.41) is 3.85. The molecule has 3 rings (SSSR count). The minimum atomic E-state index is -0.146. The SMILES string of the molecule is CC(c1ccc(-c2ccccc2)cc1)c1cc([N])on1. The molecular weight excluding hydrogens is 248 g/mol. The first-order chi connectivity index (χ1) is 9.74. The van der Waals surface area contributed by atoms with E-state index in [0.29, 0.717) is 0 Å². The molecule has 0 aliphatic heterocycles. The van der Waals surface area contributed by atoms with Crippen molar-refractivity contribution in [1.29, 1.82) is 0 Å². The minimum Gasteiger partial charge on any atom is -0.335 e. The highest BCUT2D eigenvalue weighted by Crippen LogP contribution is 2.27. The zero-order valence-corrected chi connectivity index (χ0v) is 11.2. The van der Waals surface area contributed by atoms with Gasteiger partial charge in [0.2, 0.25) is 0 Å². The van der Waals surface area contributed by atoms with Gasteiger partial charge >= 0.3 is 0 Å². The summed E-state index contributed by atoms with van der Waals surface area (Å²) in [5.41, 5.74) is 13.5. The highest BCUT2D eigenvalue weighted by atomic mass is 16.5. The molecule has 3 aromatic rings. The predicted octanol–water partition coefficient (Wildman–Crippen LogP) is 4.19. The summed E-state index contributed by atoms with van der Waals surface area (Å²) in [5.74, 6) is -0.0581. The van der Waals surface area contributed by atoms with Gasteiger partial charge in [0.25, 0.3) is 5.88 Å². The maximum atomic E-state index is 9.21. The second-order valence-corrected chi connectivity index (χ2v) is 4.80. The third-order valence-corrected chi connectivity index (χ3v) is 3.48. The van der Waals surface area contributed by atoms with Gasteiger partial charge in [-0.05, 0) is 16.7 Å². The van der Waals surface area contributed by atoms with Gasteiger partial charge in [0, 0.05) is 12.0 Å². The quantitative estimate of drug-likeness (QED) is 0.710. The summed E-state index contributed by atoms with van der Waals surface area (Å²) in [6, 6.07) is 20.2. The van der Waals surface area contributed by atoms with Crippen LogP contribution in [-0.2, 0) is 0 Å². The number of aromatic nitrogens is 1. The Morgan fingerprint density at radius 3 is 2.20 bits per heavy atom. The van der Waals surface area contributed by atoms with Gasteiger partial charge in [0.05, 0.1) is 5.69 Å². The molecule has 0 saturated heterocycles. The molecule has 1 unspecified atom stereocenters. The normalized spacial score (nSPS) is 12.2. The fourth-order valence-electron chi connectivity index (χ4n) is 2.25. The average Bonchev–Trinajstić information content (AvgIpc) is 2.94. The molecule has 0 aliphatic carbocycles. The summed E-state index contributed by atoms with van der Waals surface area (Å²) in [7, 11) is 0. The Balaban J connectivity index is 1.86. The van der Waals surface area contributed by atoms with Crippen molar-refractivity contribution >= 4 is 5.88 Å². The van der Waals surface area contributed by atoms with Crippen LogP contribution in [-0.4, -0.2) is 5.16 Å². The molecule has 20 heavy (non-hydrogen) atoms. The van der Waals surface area contributed by atoms with Gasteiger partial charge in [0.1, 0.15) is 0 Å². The van der Waals surface area contributed by atoms with Crippen LogP contribution in [0.15, 0.2) is 65.2 Å². The van der Waals surface area contributed by atoms with Gasteiger partial charge in [-0.3, -0.25) is 0 Å². The Hall–Kier alpha value is -2.55. The standard InChI is InChI=1S/C17H14N2O/c1-12(16-11-17(18)20-19-16)13-7-9-15(10-8-13)14-5-3-2-4-6-14/h2-12H,1H3. The van der Waals surface area contributed by atoms with E-state index >= 15 is 0 Å². The maximum absolute atomic E-state index is 9.21. The zero-order valence-electron chi connectivity index (χ0n) is 11.2. The Kier molecular flexibility index (Phi) is 3.25. The van der Waals surface area contributed by atoms with Gasteiger partial charge in [-0.2, -0.15) is 0 Å². The molecule has 2 radical (unpaired) electrons. The number of benzene rings is 2. The van der Waals surface area contributed by atoms with E-state index in [-0.39, 0.29) is 11.8 Å². The summed E-state index contributed by atoms with van der Waals surface area (Å²) in [6.45, 7) is 2.04. The monoisotopic (exact) mass is 262 g/mol. The summed E-state index contributed by atoms with van der Waals surface area (Å²) >= 11 is 0. The lowest BCUT2D eigenvalue weighted by molar-refractivity contribution is 0.417. The second-order valence-electron chi connectivity index (χ2n) is 4.80. The van der Waals surface area contributed by atoms with Gasteiger partial charge in [-0.25, -0.2) is 0 Å². The van der Waals surface area contributed by atoms with Crippen molar-refractivity contribution < 1.29 is 4.52 Å². The van der Waals surface area contributed by atoms with Crippen LogP contribution in [0.3, 0.4) is 0 Å². The lowest BCUT2D eigenvalue weighted by Gasteiger charge is -2.09. The van der Waals surface area contributed by atoms with Crippen molar-refractivity contribution in [3.8, 4) is 11.1 Å². The maximum Gasteiger partial charge on any atom is 0.269 e. The third kappa shape index (κ3) is 2.43. The van der Waals surface area contributed by atoms with Crippen LogP contribution < -0.4 is 5.73 Å². The minimum absolute atomic E-state index is 0.0875. The fourth-order valence-corrected chi connectivity index (χ4v) is 2.25. The highest BCUT2D eigenvalue weighted by molar-refractivity contribution is 5.63. The van der Waals surface area contributed by atoms with Crippen molar-refractivity contribution in [2.45, 2.75) is 12.8 Å². The molecule has 1 atom stereocenters. The van der Waals surface area contributed by atoms with Crippen molar-refractivity contribution in [2.75, 3.05) is 0 Å². The number of hydrogen-bond donors (Lipinski definition) is 0. The summed E-state index contributed by atoms with van der Waals surface area (Å²) in [6.07, 6.45) is 0. The van der Waals surface area contributed by atoms with Gasteiger partial charge in [0.15, 0.2) is 0 Å². The molecule has 0 aliphatic rings. The van der Waals surface area contributed by atoms with Crippen LogP contribution in [0, 0.1) is 0 Å². The highest BCUT2D eigenvalue weighted by Gasteiger charge is 2.13. The van der Waals surface area contributed by atoms with E-state index in [4.69, 9.17) is 4.52 Å². The Morgan fingerprint density at radius 2 is 1.60 bits per heavy atom. The van der Waals surface area contributed by atoms with E-state index in [9.17, 15) is 5.73 Å². The summed E-state index contributed by atoms with van der Waals surface area (Å²) < 4.78 is 4.71. The van der Waals surface area contributed by atoms with Gasteiger partial charge in [-0.15, -0.1) is 5.73 Å². The van der Waals surface area contributed by atoms with E-state index < -0.39 is 0 Å². The number of hydrogen-bond acceptors (Lipinski definition) is 2. The molecule has 0 saturated carbocycles. The predicted molar refractivity (Wildman–Crippen MR) is 77.7 cm³/mol. The van der Waals surface area contributed by atoms with E-state index in [0.717, 1.165) is 11.3 Å². The van der Waals surface area contributed by atoms with Crippen molar-refractivity contribution in [3.63, 3.8) is 0 Å².